The van der Waals surface area contributed by atoms with E-state index < -0.39 is 31.0 Å². The van der Waals surface area contributed by atoms with Crippen LogP contribution in [0.2, 0.25) is 0 Å². The molecule has 0 aromatic rings. The number of hydrogen-bond donors (Lipinski definition) is 6. The summed E-state index contributed by atoms with van der Waals surface area (Å²) in [7, 11) is 0. The average Bonchev–Trinajstić information content (AvgIpc) is 2.32. The Bertz CT molecular complexity index is 275. The third-order valence-electron chi connectivity index (χ3n) is 2.78. The first-order valence-electron chi connectivity index (χ1n) is 5.35. The Morgan fingerprint density at radius 1 is 1.24 bits per heavy atom. The second-order valence-corrected chi connectivity index (χ2v) is 3.91. The molecule has 1 rings (SSSR count). The molecule has 100 valence electrons. The lowest BCUT2D eigenvalue weighted by atomic mass is 9.94. The molecule has 8 nitrogen and oxygen atoms in total. The Morgan fingerprint density at radius 2 is 1.88 bits per heavy atom. The molecule has 0 bridgehead atoms. The highest BCUT2D eigenvalue weighted by atomic mass is 16.4. The van der Waals surface area contributed by atoms with Crippen molar-refractivity contribution in [1.29, 1.82) is 0 Å². The van der Waals surface area contributed by atoms with E-state index in [9.17, 15) is 15.3 Å². The van der Waals surface area contributed by atoms with Gasteiger partial charge in [-0.1, -0.05) is 0 Å². The SMILES string of the molecule is NC(=NCCO)N1C[C@H](O)[C@@H](O)[C@H](O)[C@H]1CO. The van der Waals surface area contributed by atoms with Crippen LogP contribution in [0.4, 0.5) is 0 Å². The molecule has 0 aliphatic carbocycles. The number of guanidine groups is 1. The number of aliphatic imine (C=N–C) groups is 1. The van der Waals surface area contributed by atoms with Gasteiger partial charge in [0.15, 0.2) is 5.96 Å². The summed E-state index contributed by atoms with van der Waals surface area (Å²) in [6.07, 6.45) is -3.81. The molecule has 17 heavy (non-hydrogen) atoms. The zero-order chi connectivity index (χ0) is 13.0. The summed E-state index contributed by atoms with van der Waals surface area (Å²) in [6.45, 7) is -0.550. The maximum atomic E-state index is 9.68. The van der Waals surface area contributed by atoms with E-state index in [1.165, 1.54) is 4.90 Å². The summed E-state index contributed by atoms with van der Waals surface area (Å²) in [5, 5.41) is 46.4. The van der Waals surface area contributed by atoms with E-state index in [-0.39, 0.29) is 25.7 Å². The molecule has 0 radical (unpaired) electrons. The summed E-state index contributed by atoms with van der Waals surface area (Å²) in [4.78, 5) is 5.13. The van der Waals surface area contributed by atoms with Crippen LogP contribution in [0.15, 0.2) is 4.99 Å². The Labute approximate surface area is 98.6 Å². The number of rotatable bonds is 3. The highest BCUT2D eigenvalue weighted by molar-refractivity contribution is 5.78. The van der Waals surface area contributed by atoms with E-state index >= 15 is 0 Å². The van der Waals surface area contributed by atoms with Crippen molar-refractivity contribution in [2.24, 2.45) is 10.7 Å². The van der Waals surface area contributed by atoms with Crippen molar-refractivity contribution < 1.29 is 25.5 Å². The van der Waals surface area contributed by atoms with Gasteiger partial charge in [-0.3, -0.25) is 4.99 Å². The van der Waals surface area contributed by atoms with E-state index in [2.05, 4.69) is 4.99 Å². The van der Waals surface area contributed by atoms with Crippen molar-refractivity contribution in [3.63, 3.8) is 0 Å². The van der Waals surface area contributed by atoms with Crippen molar-refractivity contribution in [3.05, 3.63) is 0 Å². The first-order chi connectivity index (χ1) is 8.02. The van der Waals surface area contributed by atoms with E-state index in [1.807, 2.05) is 0 Å². The van der Waals surface area contributed by atoms with Crippen LogP contribution in [0.5, 0.6) is 0 Å². The van der Waals surface area contributed by atoms with Gasteiger partial charge in [0, 0.05) is 6.54 Å². The van der Waals surface area contributed by atoms with Gasteiger partial charge in [0.1, 0.15) is 18.3 Å². The summed E-state index contributed by atoms with van der Waals surface area (Å²) in [5.74, 6) is 0.00287. The monoisotopic (exact) mass is 249 g/mol. The van der Waals surface area contributed by atoms with Crippen LogP contribution < -0.4 is 5.73 Å². The van der Waals surface area contributed by atoms with Crippen LogP contribution in [0, 0.1) is 0 Å². The number of piperidine rings is 1. The molecule has 0 aromatic heterocycles. The second-order valence-electron chi connectivity index (χ2n) is 3.91. The number of hydrogen-bond acceptors (Lipinski definition) is 6. The number of nitrogens with two attached hydrogens (primary N) is 1. The highest BCUT2D eigenvalue weighted by Gasteiger charge is 2.41. The fourth-order valence-corrected chi connectivity index (χ4v) is 1.81. The van der Waals surface area contributed by atoms with E-state index in [4.69, 9.17) is 15.9 Å². The third kappa shape index (κ3) is 3.05. The fraction of sp³-hybridized carbons (Fsp3) is 0.889. The van der Waals surface area contributed by atoms with E-state index in [0.717, 1.165) is 0 Å². The summed E-state index contributed by atoms with van der Waals surface area (Å²) < 4.78 is 0. The third-order valence-corrected chi connectivity index (χ3v) is 2.78. The predicted octanol–water partition coefficient (Wildman–Crippen LogP) is -3.95. The molecule has 1 aliphatic heterocycles. The normalized spacial score (nSPS) is 35.1. The molecule has 0 spiro atoms. The van der Waals surface area contributed by atoms with Crippen LogP contribution in [0.3, 0.4) is 0 Å². The second kappa shape index (κ2) is 6.12. The van der Waals surface area contributed by atoms with Crippen LogP contribution in [0.1, 0.15) is 0 Å². The Balaban J connectivity index is 2.82. The van der Waals surface area contributed by atoms with Gasteiger partial charge in [-0.05, 0) is 0 Å². The molecule has 0 aromatic carbocycles. The van der Waals surface area contributed by atoms with Crippen LogP contribution in [-0.2, 0) is 0 Å². The molecule has 0 saturated carbocycles. The average molecular weight is 249 g/mol. The predicted molar refractivity (Wildman–Crippen MR) is 59.2 cm³/mol. The van der Waals surface area contributed by atoms with Crippen LogP contribution in [-0.4, -0.2) is 87.0 Å². The van der Waals surface area contributed by atoms with Gasteiger partial charge in [0.2, 0.25) is 0 Å². The molecule has 0 amide bonds. The van der Waals surface area contributed by atoms with E-state index in [1.54, 1.807) is 0 Å². The van der Waals surface area contributed by atoms with Gasteiger partial charge in [-0.2, -0.15) is 0 Å². The minimum atomic E-state index is -1.32. The first kappa shape index (κ1) is 14.1. The lowest BCUT2D eigenvalue weighted by Gasteiger charge is -2.43. The largest absolute Gasteiger partial charge is 0.394 e. The number of aliphatic hydroxyl groups is 5. The summed E-state index contributed by atoms with van der Waals surface area (Å²) in [5.41, 5.74) is 5.62. The van der Waals surface area contributed by atoms with E-state index in [0.29, 0.717) is 0 Å². The molecule has 7 N–H and O–H groups in total. The maximum absolute atomic E-state index is 9.68. The quantitative estimate of drug-likeness (QED) is 0.221. The summed E-state index contributed by atoms with van der Waals surface area (Å²) >= 11 is 0. The minimum Gasteiger partial charge on any atom is -0.394 e. The molecule has 4 atom stereocenters. The maximum Gasteiger partial charge on any atom is 0.191 e. The molecule has 0 unspecified atom stereocenters. The van der Waals surface area contributed by atoms with Crippen LogP contribution >= 0.6 is 0 Å². The molecule has 1 aliphatic rings. The van der Waals surface area contributed by atoms with Crippen molar-refractivity contribution in [2.45, 2.75) is 24.4 Å². The Morgan fingerprint density at radius 3 is 2.41 bits per heavy atom. The molecule has 8 heteroatoms. The van der Waals surface area contributed by atoms with Gasteiger partial charge < -0.3 is 36.2 Å². The van der Waals surface area contributed by atoms with Crippen molar-refractivity contribution in [1.82, 2.24) is 4.90 Å². The standard InChI is InChI=1S/C9H19N3O5/c10-9(11-1-2-13)12-3-6(15)8(17)7(16)5(12)4-14/h5-8,13-17H,1-4H2,(H2,10,11)/t5-,6+,7-,8-/m1/s1. The van der Waals surface area contributed by atoms with Gasteiger partial charge in [0.25, 0.3) is 0 Å². The Kier molecular flexibility index (Phi) is 5.09. The fourth-order valence-electron chi connectivity index (χ4n) is 1.81. The topological polar surface area (TPSA) is 143 Å². The number of β-amino-alcohol motifs (C(OH)–C–C–N with tert-alkyl or cyclic N) is 1. The lowest BCUT2D eigenvalue weighted by molar-refractivity contribution is -0.128. The number of likely N-dealkylation sites (tertiary alicyclic amines) is 1. The highest BCUT2D eigenvalue weighted by Crippen LogP contribution is 2.18. The molecule has 1 saturated heterocycles. The smallest absolute Gasteiger partial charge is 0.191 e. The zero-order valence-corrected chi connectivity index (χ0v) is 9.35. The first-order valence-corrected chi connectivity index (χ1v) is 5.35. The number of nitrogens with zero attached hydrogens (tertiary/aromatic N) is 2. The van der Waals surface area contributed by atoms with Crippen molar-refractivity contribution >= 4 is 5.96 Å². The van der Waals surface area contributed by atoms with Gasteiger partial charge in [0.05, 0.1) is 25.8 Å². The van der Waals surface area contributed by atoms with Gasteiger partial charge in [-0.15, -0.1) is 0 Å². The molecule has 1 fully saturated rings. The van der Waals surface area contributed by atoms with Gasteiger partial charge >= 0.3 is 0 Å². The Hall–Kier alpha value is -0.930. The molecular weight excluding hydrogens is 230 g/mol. The number of aliphatic hydroxyl groups excluding tert-OH is 5. The van der Waals surface area contributed by atoms with Crippen molar-refractivity contribution in [3.8, 4) is 0 Å². The van der Waals surface area contributed by atoms with Crippen molar-refractivity contribution in [2.75, 3.05) is 26.3 Å². The molecule has 1 heterocycles. The minimum absolute atomic E-state index is 0.00287. The van der Waals surface area contributed by atoms with Crippen LogP contribution in [0.25, 0.3) is 0 Å². The molecular formula is C9H19N3O5. The lowest BCUT2D eigenvalue weighted by Crippen LogP contribution is -2.65. The zero-order valence-electron chi connectivity index (χ0n) is 9.35. The van der Waals surface area contributed by atoms with Gasteiger partial charge in [-0.25, -0.2) is 0 Å². The summed E-state index contributed by atoms with van der Waals surface area (Å²) in [6, 6.07) is -0.823.